The first-order chi connectivity index (χ1) is 15.7. The van der Waals surface area contributed by atoms with E-state index in [-0.39, 0.29) is 28.4 Å². The molecule has 0 spiro atoms. The molecular formula is C24H25BrN6O2. The number of rotatable bonds is 6. The summed E-state index contributed by atoms with van der Waals surface area (Å²) >= 11 is 3.39. The number of ether oxygens (including phenoxy) is 1. The second kappa shape index (κ2) is 9.27. The predicted octanol–water partition coefficient (Wildman–Crippen LogP) is 4.50. The maximum atomic E-state index is 13.3. The van der Waals surface area contributed by atoms with Crippen molar-refractivity contribution in [2.75, 3.05) is 0 Å². The van der Waals surface area contributed by atoms with E-state index in [1.54, 1.807) is 22.4 Å². The molecule has 0 fully saturated rings. The molecule has 4 rings (SSSR count). The highest BCUT2D eigenvalue weighted by atomic mass is 79.9. The number of aryl methyl sites for hydroxylation is 3. The Kier molecular flexibility index (Phi) is 6.42. The molecule has 1 aromatic carbocycles. The molecule has 33 heavy (non-hydrogen) atoms. The van der Waals surface area contributed by atoms with Gasteiger partial charge in [-0.3, -0.25) is 14.0 Å². The van der Waals surface area contributed by atoms with Crippen molar-refractivity contribution in [1.82, 2.24) is 29.3 Å². The van der Waals surface area contributed by atoms with Crippen molar-refractivity contribution in [3.63, 3.8) is 0 Å². The summed E-state index contributed by atoms with van der Waals surface area (Å²) in [5.41, 5.74) is 3.90. The number of aromatic nitrogens is 6. The van der Waals surface area contributed by atoms with Crippen LogP contribution in [0.15, 0.2) is 52.0 Å². The van der Waals surface area contributed by atoms with Crippen molar-refractivity contribution in [2.24, 2.45) is 7.05 Å². The minimum Gasteiger partial charge on any atom is -0.470 e. The zero-order valence-electron chi connectivity index (χ0n) is 19.2. The van der Waals surface area contributed by atoms with Crippen molar-refractivity contribution in [3.05, 3.63) is 80.5 Å². The molecule has 9 heteroatoms. The zero-order valence-corrected chi connectivity index (χ0v) is 20.8. The molecule has 0 aliphatic heterocycles. The lowest BCUT2D eigenvalue weighted by molar-refractivity contribution is 0.283. The van der Waals surface area contributed by atoms with Crippen LogP contribution >= 0.6 is 15.9 Å². The summed E-state index contributed by atoms with van der Waals surface area (Å²) < 4.78 is 9.33. The van der Waals surface area contributed by atoms with Crippen LogP contribution in [-0.2, 0) is 13.7 Å². The molecule has 0 bridgehead atoms. The van der Waals surface area contributed by atoms with Crippen molar-refractivity contribution in [3.8, 4) is 22.8 Å². The first-order valence-corrected chi connectivity index (χ1v) is 11.4. The van der Waals surface area contributed by atoms with Crippen LogP contribution in [-0.4, -0.2) is 29.3 Å². The Labute approximate surface area is 200 Å². The Morgan fingerprint density at radius 1 is 1.12 bits per heavy atom. The third kappa shape index (κ3) is 4.73. The molecular weight excluding hydrogens is 484 g/mol. The van der Waals surface area contributed by atoms with Gasteiger partial charge in [-0.2, -0.15) is 10.1 Å². The summed E-state index contributed by atoms with van der Waals surface area (Å²) in [6.45, 7) is 8.08. The number of hydrogen-bond donors (Lipinski definition) is 0. The average Bonchev–Trinajstić information content (AvgIpc) is 3.21. The average molecular weight is 509 g/mol. The van der Waals surface area contributed by atoms with Crippen LogP contribution < -0.4 is 10.3 Å². The number of nitrogens with zero attached hydrogens (tertiary/aromatic N) is 6. The third-order valence-corrected chi connectivity index (χ3v) is 5.91. The Morgan fingerprint density at radius 3 is 2.61 bits per heavy atom. The lowest BCUT2D eigenvalue weighted by atomic mass is 10.1. The van der Waals surface area contributed by atoms with E-state index in [0.717, 1.165) is 34.0 Å². The summed E-state index contributed by atoms with van der Waals surface area (Å²) in [5.74, 6) is 1.76. The van der Waals surface area contributed by atoms with Gasteiger partial charge in [0.15, 0.2) is 0 Å². The van der Waals surface area contributed by atoms with E-state index in [4.69, 9.17) is 4.74 Å². The summed E-state index contributed by atoms with van der Waals surface area (Å²) in [5, 5.41) is 4.29. The van der Waals surface area contributed by atoms with Gasteiger partial charge in [0.1, 0.15) is 22.7 Å². The Balaban J connectivity index is 1.73. The predicted molar refractivity (Wildman–Crippen MR) is 130 cm³/mol. The van der Waals surface area contributed by atoms with E-state index in [1.807, 2.05) is 50.5 Å². The maximum absolute atomic E-state index is 13.3. The van der Waals surface area contributed by atoms with E-state index >= 15 is 0 Å². The fraction of sp³-hybridized carbons (Fsp3) is 0.292. The molecule has 0 radical (unpaired) electrons. The third-order valence-electron chi connectivity index (χ3n) is 5.23. The lowest BCUT2D eigenvalue weighted by Crippen LogP contribution is -2.24. The van der Waals surface area contributed by atoms with Crippen LogP contribution in [0.5, 0.6) is 5.88 Å². The Hall–Kier alpha value is -3.33. The van der Waals surface area contributed by atoms with E-state index in [9.17, 15) is 4.79 Å². The normalized spacial score (nSPS) is 11.2. The van der Waals surface area contributed by atoms with Crippen LogP contribution in [0.2, 0.25) is 0 Å². The summed E-state index contributed by atoms with van der Waals surface area (Å²) in [6.07, 6.45) is 3.60. The van der Waals surface area contributed by atoms with Gasteiger partial charge in [0.25, 0.3) is 5.56 Å². The Bertz CT molecular complexity index is 1380. The van der Waals surface area contributed by atoms with Gasteiger partial charge >= 0.3 is 0 Å². The minimum atomic E-state index is -0.246. The molecule has 0 saturated heterocycles. The van der Waals surface area contributed by atoms with E-state index in [0.29, 0.717) is 5.82 Å². The van der Waals surface area contributed by atoms with Gasteiger partial charge in [-0.1, -0.05) is 26.0 Å². The molecule has 4 aromatic rings. The summed E-state index contributed by atoms with van der Waals surface area (Å²) in [6, 6.07) is 9.66. The summed E-state index contributed by atoms with van der Waals surface area (Å²) in [4.78, 5) is 26.9. The van der Waals surface area contributed by atoms with Gasteiger partial charge in [-0.25, -0.2) is 9.97 Å². The van der Waals surface area contributed by atoms with E-state index in [1.165, 1.54) is 0 Å². The highest BCUT2D eigenvalue weighted by molar-refractivity contribution is 9.10. The maximum Gasteiger partial charge on any atom is 0.276 e. The Morgan fingerprint density at radius 2 is 1.91 bits per heavy atom. The summed E-state index contributed by atoms with van der Waals surface area (Å²) in [7, 11) is 1.84. The van der Waals surface area contributed by atoms with Crippen molar-refractivity contribution in [2.45, 2.75) is 40.2 Å². The monoisotopic (exact) mass is 508 g/mol. The van der Waals surface area contributed by atoms with Crippen molar-refractivity contribution < 1.29 is 4.74 Å². The molecule has 3 heterocycles. The fourth-order valence-electron chi connectivity index (χ4n) is 3.47. The number of benzene rings is 1. The van der Waals surface area contributed by atoms with Crippen LogP contribution in [0, 0.1) is 13.8 Å². The van der Waals surface area contributed by atoms with Gasteiger partial charge in [0.05, 0.1) is 17.1 Å². The van der Waals surface area contributed by atoms with E-state index in [2.05, 4.69) is 49.8 Å². The molecule has 0 atom stereocenters. The molecule has 0 amide bonds. The van der Waals surface area contributed by atoms with Gasteiger partial charge < -0.3 is 4.74 Å². The molecule has 0 aliphatic carbocycles. The highest BCUT2D eigenvalue weighted by Crippen LogP contribution is 2.26. The van der Waals surface area contributed by atoms with Crippen LogP contribution in [0.25, 0.3) is 16.9 Å². The molecule has 0 saturated carbocycles. The molecule has 0 unspecified atom stereocenters. The molecule has 0 N–H and O–H groups in total. The van der Waals surface area contributed by atoms with Gasteiger partial charge in [0.2, 0.25) is 5.88 Å². The lowest BCUT2D eigenvalue weighted by Gasteiger charge is -2.16. The zero-order chi connectivity index (χ0) is 23.7. The molecule has 0 aliphatic rings. The van der Waals surface area contributed by atoms with Crippen molar-refractivity contribution >= 4 is 15.9 Å². The van der Waals surface area contributed by atoms with Gasteiger partial charge in [-0.05, 0) is 53.5 Å². The highest BCUT2D eigenvalue weighted by Gasteiger charge is 2.18. The molecule has 3 aromatic heterocycles. The van der Waals surface area contributed by atoms with E-state index < -0.39 is 0 Å². The smallest absolute Gasteiger partial charge is 0.276 e. The van der Waals surface area contributed by atoms with Gasteiger partial charge in [-0.15, -0.1) is 0 Å². The molecule has 170 valence electrons. The SMILES string of the molecule is Cc1ccc(-c2ccnc(C(C)C)n2)cc1-n1c(C)nc(OCc2ccn(C)n2)c(Br)c1=O. The topological polar surface area (TPSA) is 87.7 Å². The van der Waals surface area contributed by atoms with Crippen LogP contribution in [0.3, 0.4) is 0 Å². The molecule has 8 nitrogen and oxygen atoms in total. The minimum absolute atomic E-state index is 0.218. The van der Waals surface area contributed by atoms with Crippen LogP contribution in [0.4, 0.5) is 0 Å². The fourth-order valence-corrected chi connectivity index (χ4v) is 3.85. The first-order valence-electron chi connectivity index (χ1n) is 10.6. The number of hydrogen-bond acceptors (Lipinski definition) is 6. The largest absolute Gasteiger partial charge is 0.470 e. The second-order valence-electron chi connectivity index (χ2n) is 8.14. The quantitative estimate of drug-likeness (QED) is 0.380. The van der Waals surface area contributed by atoms with Crippen molar-refractivity contribution in [1.29, 1.82) is 0 Å². The second-order valence-corrected chi connectivity index (χ2v) is 8.94. The number of halogens is 1. The van der Waals surface area contributed by atoms with Crippen LogP contribution in [0.1, 0.15) is 42.7 Å². The first kappa shape index (κ1) is 22.8. The van der Waals surface area contributed by atoms with Gasteiger partial charge in [0, 0.05) is 30.9 Å². The standard InChI is InChI=1S/C24H25BrN6O2/c1-14(2)22-26-10-8-19(28-22)17-7-6-15(3)20(12-17)31-16(4)27-23(21(25)24(31)32)33-13-18-9-11-30(5)29-18/h6-12,14H,13H2,1-5H3.